The summed E-state index contributed by atoms with van der Waals surface area (Å²) in [5.74, 6) is 3.13. The Balaban J connectivity index is 0.000000956. The van der Waals surface area contributed by atoms with Crippen molar-refractivity contribution in [3.63, 3.8) is 0 Å². The van der Waals surface area contributed by atoms with Crippen molar-refractivity contribution in [2.75, 3.05) is 18.9 Å². The van der Waals surface area contributed by atoms with Gasteiger partial charge in [-0.05, 0) is 43.7 Å². The Kier molecular flexibility index (Phi) is 8.32. The molecule has 0 radical (unpaired) electrons. The predicted octanol–water partition coefficient (Wildman–Crippen LogP) is 4.25. The third kappa shape index (κ3) is 5.15. The molecule has 0 spiro atoms. The Morgan fingerprint density at radius 2 is 2.15 bits per heavy atom. The van der Waals surface area contributed by atoms with E-state index in [4.69, 9.17) is 4.52 Å². The van der Waals surface area contributed by atoms with E-state index in [0.717, 1.165) is 26.4 Å². The van der Waals surface area contributed by atoms with Gasteiger partial charge in [-0.1, -0.05) is 32.4 Å². The molecule has 1 fully saturated rings. The fourth-order valence-electron chi connectivity index (χ4n) is 2.20. The summed E-state index contributed by atoms with van der Waals surface area (Å²) in [6, 6.07) is 6.62. The van der Waals surface area contributed by atoms with Gasteiger partial charge in [0, 0.05) is 13.1 Å². The molecule has 0 aromatic heterocycles. The van der Waals surface area contributed by atoms with E-state index in [1.807, 2.05) is 33.0 Å². The van der Waals surface area contributed by atoms with E-state index < -0.39 is 0 Å². The van der Waals surface area contributed by atoms with Gasteiger partial charge in [-0.2, -0.15) is 0 Å². The molecule has 2 rings (SSSR count). The zero-order valence-electron chi connectivity index (χ0n) is 13.1. The third-order valence-electron chi connectivity index (χ3n) is 3.22. The van der Waals surface area contributed by atoms with Crippen molar-refractivity contribution < 1.29 is 4.52 Å². The van der Waals surface area contributed by atoms with E-state index >= 15 is 0 Å². The second kappa shape index (κ2) is 9.79. The van der Waals surface area contributed by atoms with Crippen molar-refractivity contribution in [1.29, 1.82) is 0 Å². The molecule has 1 aliphatic rings. The Bertz CT molecular complexity index is 415. The molecule has 1 aromatic carbocycles. The van der Waals surface area contributed by atoms with Crippen LogP contribution in [0.2, 0.25) is 0 Å². The number of benzene rings is 1. The summed E-state index contributed by atoms with van der Waals surface area (Å²) in [6.07, 6.45) is 3.84. The number of nitrogens with one attached hydrogen (secondary N) is 2. The number of hydrogen-bond acceptors (Lipinski definition) is 3. The van der Waals surface area contributed by atoms with E-state index in [9.17, 15) is 0 Å². The fraction of sp³-hybridized carbons (Fsp3) is 0.562. The van der Waals surface area contributed by atoms with Crippen LogP contribution in [0.5, 0.6) is 5.75 Å². The smallest absolute Gasteiger partial charge is 0.154 e. The van der Waals surface area contributed by atoms with E-state index in [2.05, 4.69) is 29.4 Å². The Morgan fingerprint density at radius 1 is 1.35 bits per heavy atom. The van der Waals surface area contributed by atoms with Crippen LogP contribution in [0.4, 0.5) is 5.69 Å². The molecule has 0 bridgehead atoms. The molecular weight excluding hydrogens is 267 g/mol. The average molecular weight is 294 g/mol. The number of para-hydroxylation sites is 1. The first-order valence-electron chi connectivity index (χ1n) is 7.52. The second-order valence-electron chi connectivity index (χ2n) is 4.60. The van der Waals surface area contributed by atoms with Gasteiger partial charge in [-0.15, -0.1) is 0 Å². The maximum Gasteiger partial charge on any atom is 0.154 e. The van der Waals surface area contributed by atoms with Crippen LogP contribution in [-0.2, 0) is 0 Å². The van der Waals surface area contributed by atoms with Crippen LogP contribution < -0.4 is 15.2 Å². The van der Waals surface area contributed by atoms with E-state index in [1.165, 1.54) is 24.8 Å². The molecule has 1 heterocycles. The number of piperidine rings is 1. The predicted molar refractivity (Wildman–Crippen MR) is 91.3 cm³/mol. The van der Waals surface area contributed by atoms with E-state index in [-0.39, 0.29) is 0 Å². The highest BCUT2D eigenvalue weighted by Crippen LogP contribution is 2.29. The van der Waals surface area contributed by atoms with Gasteiger partial charge in [0.2, 0.25) is 0 Å². The molecule has 20 heavy (non-hydrogen) atoms. The number of rotatable bonds is 4. The van der Waals surface area contributed by atoms with Crippen LogP contribution >= 0.6 is 8.43 Å². The molecule has 0 aliphatic carbocycles. The van der Waals surface area contributed by atoms with Crippen LogP contribution in [-0.4, -0.2) is 25.4 Å². The number of hydrogen-bond donors (Lipinski definition) is 2. The van der Waals surface area contributed by atoms with E-state index in [0.29, 0.717) is 6.04 Å². The summed E-state index contributed by atoms with van der Waals surface area (Å²) in [7, 11) is 2.85. The highest BCUT2D eigenvalue weighted by molar-refractivity contribution is 7.33. The third-order valence-corrected chi connectivity index (χ3v) is 4.01. The first-order valence-corrected chi connectivity index (χ1v) is 8.40. The molecule has 112 valence electrons. The minimum atomic E-state index is 0.503. The topological polar surface area (TPSA) is 33.3 Å². The molecular formula is C16H27N2OP. The van der Waals surface area contributed by atoms with Gasteiger partial charge in [0.05, 0.1) is 5.69 Å². The van der Waals surface area contributed by atoms with Crippen molar-refractivity contribution >= 4 is 19.9 Å². The summed E-state index contributed by atoms with van der Waals surface area (Å²) >= 11 is 0. The van der Waals surface area contributed by atoms with Crippen LogP contribution in [0.25, 0.3) is 0 Å². The maximum absolute atomic E-state index is 5.83. The van der Waals surface area contributed by atoms with Crippen molar-refractivity contribution in [1.82, 2.24) is 5.32 Å². The first-order chi connectivity index (χ1) is 9.81. The molecule has 0 amide bonds. The highest BCUT2D eigenvalue weighted by Gasteiger charge is 2.09. The van der Waals surface area contributed by atoms with Gasteiger partial charge in [0.25, 0.3) is 0 Å². The standard InChI is InChI=1S/C14H21N2OP.C2H6/c1-11-6-5-8-13(14(11)15-2)17-18-10-12-7-3-4-9-16-12;1-2/h5-6,8,10,12,15-16H,3-4,7,9H2,1-2H3;1-2H3. The Morgan fingerprint density at radius 3 is 2.80 bits per heavy atom. The van der Waals surface area contributed by atoms with Gasteiger partial charge in [-0.25, -0.2) is 0 Å². The molecule has 1 aromatic rings. The lowest BCUT2D eigenvalue weighted by Crippen LogP contribution is -2.34. The lowest BCUT2D eigenvalue weighted by Gasteiger charge is -2.19. The molecule has 1 atom stereocenters. The van der Waals surface area contributed by atoms with Crippen LogP contribution in [0.15, 0.2) is 18.2 Å². The number of anilines is 1. The lowest BCUT2D eigenvalue weighted by molar-refractivity contribution is 0.478. The van der Waals surface area contributed by atoms with Crippen molar-refractivity contribution in [3.05, 3.63) is 23.8 Å². The minimum Gasteiger partial charge on any atom is -0.438 e. The second-order valence-corrected chi connectivity index (χ2v) is 5.29. The van der Waals surface area contributed by atoms with Crippen molar-refractivity contribution in [3.8, 4) is 5.75 Å². The SMILES string of the molecule is CC.CNc1c(C)cccc1OP=CC1CCCCN1. The monoisotopic (exact) mass is 294 g/mol. The van der Waals surface area contributed by atoms with Crippen molar-refractivity contribution in [2.24, 2.45) is 0 Å². The Labute approximate surface area is 125 Å². The van der Waals surface area contributed by atoms with Crippen LogP contribution in [0.3, 0.4) is 0 Å². The summed E-state index contributed by atoms with van der Waals surface area (Å²) in [5, 5.41) is 6.68. The number of aryl methyl sites for hydroxylation is 1. The molecule has 1 aliphatic heterocycles. The van der Waals surface area contributed by atoms with Gasteiger partial charge in [0.1, 0.15) is 8.43 Å². The van der Waals surface area contributed by atoms with Crippen LogP contribution in [0.1, 0.15) is 38.7 Å². The fourth-order valence-corrected chi connectivity index (χ4v) is 2.93. The quantitative estimate of drug-likeness (QED) is 0.815. The molecule has 3 nitrogen and oxygen atoms in total. The maximum atomic E-state index is 5.83. The lowest BCUT2D eigenvalue weighted by atomic mass is 10.1. The van der Waals surface area contributed by atoms with Crippen molar-refractivity contribution in [2.45, 2.75) is 46.1 Å². The van der Waals surface area contributed by atoms with Crippen LogP contribution in [0, 0.1) is 6.92 Å². The molecule has 4 heteroatoms. The first kappa shape index (κ1) is 17.0. The summed E-state index contributed by atoms with van der Waals surface area (Å²) in [4.78, 5) is 0. The zero-order chi connectivity index (χ0) is 14.8. The van der Waals surface area contributed by atoms with E-state index in [1.54, 1.807) is 0 Å². The zero-order valence-corrected chi connectivity index (χ0v) is 14.0. The van der Waals surface area contributed by atoms with Gasteiger partial charge in [0.15, 0.2) is 5.75 Å². The van der Waals surface area contributed by atoms with Gasteiger partial charge >= 0.3 is 0 Å². The summed E-state index contributed by atoms with van der Waals surface area (Å²) < 4.78 is 5.83. The summed E-state index contributed by atoms with van der Waals surface area (Å²) in [5.41, 5.74) is 2.29. The molecule has 2 N–H and O–H groups in total. The minimum absolute atomic E-state index is 0.503. The average Bonchev–Trinajstić information content (AvgIpc) is 2.51. The van der Waals surface area contributed by atoms with Gasteiger partial charge in [-0.3, -0.25) is 0 Å². The molecule has 0 saturated carbocycles. The van der Waals surface area contributed by atoms with Gasteiger partial charge < -0.3 is 15.2 Å². The largest absolute Gasteiger partial charge is 0.438 e. The Hall–Kier alpha value is -1.05. The highest BCUT2D eigenvalue weighted by atomic mass is 31.1. The molecule has 1 saturated heterocycles. The summed E-state index contributed by atoms with van der Waals surface area (Å²) in [6.45, 7) is 7.21. The normalized spacial score (nSPS) is 18.3. The molecule has 1 unspecified atom stereocenters.